The number of hydrogen-bond donors (Lipinski definition) is 1. The monoisotopic (exact) mass is 346 g/mol. The smallest absolute Gasteiger partial charge is 0.251 e. The van der Waals surface area contributed by atoms with Gasteiger partial charge in [-0.25, -0.2) is 4.39 Å². The predicted molar refractivity (Wildman–Crippen MR) is 93.6 cm³/mol. The number of piperidine rings is 1. The summed E-state index contributed by atoms with van der Waals surface area (Å²) in [5.41, 5.74) is 1.61. The molecule has 1 N–H and O–H groups in total. The lowest BCUT2D eigenvalue weighted by molar-refractivity contribution is 0.0908. The number of hydrogen-bond acceptors (Lipinski definition) is 2. The van der Waals surface area contributed by atoms with E-state index in [0.29, 0.717) is 5.56 Å². The molecule has 126 valence electrons. The topological polar surface area (TPSA) is 32.3 Å². The van der Waals surface area contributed by atoms with Gasteiger partial charge < -0.3 is 5.32 Å². The quantitative estimate of drug-likeness (QED) is 0.911. The second kappa shape index (κ2) is 7.77. The lowest BCUT2D eigenvalue weighted by atomic mass is 10.0. The Morgan fingerprint density at radius 3 is 2.54 bits per heavy atom. The zero-order chi connectivity index (χ0) is 16.9. The van der Waals surface area contributed by atoms with Gasteiger partial charge in [-0.05, 0) is 48.7 Å². The molecule has 0 spiro atoms. The van der Waals surface area contributed by atoms with Crippen molar-refractivity contribution in [2.24, 2.45) is 0 Å². The van der Waals surface area contributed by atoms with Crippen molar-refractivity contribution in [1.82, 2.24) is 10.2 Å². The average Bonchev–Trinajstić information content (AvgIpc) is 2.59. The summed E-state index contributed by atoms with van der Waals surface area (Å²) in [6.45, 7) is 2.75. The van der Waals surface area contributed by atoms with E-state index in [-0.39, 0.29) is 17.8 Å². The summed E-state index contributed by atoms with van der Waals surface area (Å²) < 4.78 is 13.2. The largest absolute Gasteiger partial charge is 0.349 e. The lowest BCUT2D eigenvalue weighted by Gasteiger charge is -2.32. The third-order valence-electron chi connectivity index (χ3n) is 4.33. The van der Waals surface area contributed by atoms with Gasteiger partial charge in [0.05, 0.1) is 0 Å². The molecule has 0 radical (unpaired) electrons. The van der Waals surface area contributed by atoms with E-state index < -0.39 is 0 Å². The molecule has 0 aromatic heterocycles. The van der Waals surface area contributed by atoms with Gasteiger partial charge >= 0.3 is 0 Å². The van der Waals surface area contributed by atoms with Crippen LogP contribution >= 0.6 is 11.6 Å². The molecule has 0 bridgehead atoms. The molecule has 3 nitrogen and oxygen atoms in total. The Morgan fingerprint density at radius 1 is 1.17 bits per heavy atom. The molecular formula is C19H20ClFN2O. The van der Waals surface area contributed by atoms with Crippen LogP contribution in [0.25, 0.3) is 0 Å². The van der Waals surface area contributed by atoms with Crippen molar-refractivity contribution in [3.8, 4) is 0 Å². The Labute approximate surface area is 146 Å². The fraction of sp³-hybridized carbons (Fsp3) is 0.316. The molecule has 1 fully saturated rings. The molecule has 1 aliphatic heterocycles. The molecule has 0 atom stereocenters. The van der Waals surface area contributed by atoms with Crippen LogP contribution in [0.15, 0.2) is 48.5 Å². The van der Waals surface area contributed by atoms with E-state index in [9.17, 15) is 9.18 Å². The van der Waals surface area contributed by atoms with Crippen LogP contribution in [0.3, 0.4) is 0 Å². The van der Waals surface area contributed by atoms with Crippen molar-refractivity contribution >= 4 is 17.5 Å². The van der Waals surface area contributed by atoms with Crippen LogP contribution in [0.2, 0.25) is 5.02 Å². The van der Waals surface area contributed by atoms with E-state index in [2.05, 4.69) is 10.2 Å². The second-order valence-corrected chi connectivity index (χ2v) is 6.60. The van der Waals surface area contributed by atoms with Gasteiger partial charge in [0.2, 0.25) is 0 Å². The zero-order valence-electron chi connectivity index (χ0n) is 13.3. The standard InChI is InChI=1S/C19H20ClFN2O/c20-16-6-4-14(5-7-16)13-23-10-8-18(9-11-23)22-19(24)15-2-1-3-17(21)12-15/h1-7,12,18H,8-11,13H2,(H,22,24). The maximum atomic E-state index is 13.2. The van der Waals surface area contributed by atoms with Gasteiger partial charge in [-0.3, -0.25) is 9.69 Å². The predicted octanol–water partition coefficient (Wildman–Crippen LogP) is 3.87. The van der Waals surface area contributed by atoms with Gasteiger partial charge in [0.15, 0.2) is 0 Å². The normalized spacial score (nSPS) is 16.1. The lowest BCUT2D eigenvalue weighted by Crippen LogP contribution is -2.44. The first-order chi connectivity index (χ1) is 11.6. The van der Waals surface area contributed by atoms with E-state index in [4.69, 9.17) is 11.6 Å². The number of halogens is 2. The van der Waals surface area contributed by atoms with Gasteiger partial charge in [0, 0.05) is 36.3 Å². The molecule has 5 heteroatoms. The summed E-state index contributed by atoms with van der Waals surface area (Å²) >= 11 is 5.90. The molecule has 1 amide bonds. The molecule has 0 unspecified atom stereocenters. The molecule has 2 aromatic rings. The maximum Gasteiger partial charge on any atom is 0.251 e. The first-order valence-corrected chi connectivity index (χ1v) is 8.51. The Hall–Kier alpha value is -1.91. The molecule has 1 heterocycles. The van der Waals surface area contributed by atoms with E-state index >= 15 is 0 Å². The van der Waals surface area contributed by atoms with E-state index in [1.807, 2.05) is 24.3 Å². The summed E-state index contributed by atoms with van der Waals surface area (Å²) in [5, 5.41) is 3.75. The first kappa shape index (κ1) is 16.9. The van der Waals surface area contributed by atoms with Crippen molar-refractivity contribution in [3.05, 3.63) is 70.5 Å². The number of carbonyl (C=O) groups excluding carboxylic acids is 1. The molecular weight excluding hydrogens is 327 g/mol. The van der Waals surface area contributed by atoms with Crippen LogP contribution in [0.1, 0.15) is 28.8 Å². The highest BCUT2D eigenvalue weighted by molar-refractivity contribution is 6.30. The summed E-state index contributed by atoms with van der Waals surface area (Å²) in [6, 6.07) is 13.8. The van der Waals surface area contributed by atoms with Gasteiger partial charge in [-0.2, -0.15) is 0 Å². The van der Waals surface area contributed by atoms with Crippen LogP contribution in [0, 0.1) is 5.82 Å². The number of likely N-dealkylation sites (tertiary alicyclic amines) is 1. The zero-order valence-corrected chi connectivity index (χ0v) is 14.1. The average molecular weight is 347 g/mol. The highest BCUT2D eigenvalue weighted by Crippen LogP contribution is 2.16. The summed E-state index contributed by atoms with van der Waals surface area (Å²) in [5.74, 6) is -0.592. The Morgan fingerprint density at radius 2 is 1.88 bits per heavy atom. The first-order valence-electron chi connectivity index (χ1n) is 8.13. The number of rotatable bonds is 4. The molecule has 3 rings (SSSR count). The van der Waals surface area contributed by atoms with Gasteiger partial charge in [0.25, 0.3) is 5.91 Å². The van der Waals surface area contributed by atoms with Crippen molar-refractivity contribution in [1.29, 1.82) is 0 Å². The second-order valence-electron chi connectivity index (χ2n) is 6.16. The minimum atomic E-state index is -0.388. The van der Waals surface area contributed by atoms with Gasteiger partial charge in [-0.15, -0.1) is 0 Å². The molecule has 2 aromatic carbocycles. The van der Waals surface area contributed by atoms with Crippen LogP contribution in [0.5, 0.6) is 0 Å². The van der Waals surface area contributed by atoms with Crippen molar-refractivity contribution in [3.63, 3.8) is 0 Å². The molecule has 0 saturated carbocycles. The van der Waals surface area contributed by atoms with Crippen LogP contribution in [-0.4, -0.2) is 29.9 Å². The van der Waals surface area contributed by atoms with Crippen LogP contribution in [0.4, 0.5) is 4.39 Å². The number of carbonyl (C=O) groups is 1. The third kappa shape index (κ3) is 4.56. The molecule has 1 aliphatic rings. The number of amides is 1. The van der Waals surface area contributed by atoms with Crippen LogP contribution < -0.4 is 5.32 Å². The Bertz CT molecular complexity index is 697. The van der Waals surface area contributed by atoms with Crippen molar-refractivity contribution in [2.45, 2.75) is 25.4 Å². The summed E-state index contributed by atoms with van der Waals surface area (Å²) in [7, 11) is 0. The third-order valence-corrected chi connectivity index (χ3v) is 4.58. The molecule has 1 saturated heterocycles. The fourth-order valence-electron chi connectivity index (χ4n) is 2.98. The maximum absolute atomic E-state index is 13.2. The molecule has 24 heavy (non-hydrogen) atoms. The highest BCUT2D eigenvalue weighted by atomic mass is 35.5. The van der Waals surface area contributed by atoms with E-state index in [1.165, 1.54) is 17.7 Å². The van der Waals surface area contributed by atoms with Gasteiger partial charge in [-0.1, -0.05) is 29.8 Å². The number of benzene rings is 2. The number of nitrogens with zero attached hydrogens (tertiary/aromatic N) is 1. The van der Waals surface area contributed by atoms with Gasteiger partial charge in [0.1, 0.15) is 5.82 Å². The minimum absolute atomic E-state index is 0.141. The summed E-state index contributed by atoms with van der Waals surface area (Å²) in [6.07, 6.45) is 1.79. The highest BCUT2D eigenvalue weighted by Gasteiger charge is 2.21. The fourth-order valence-corrected chi connectivity index (χ4v) is 3.11. The van der Waals surface area contributed by atoms with E-state index in [1.54, 1.807) is 12.1 Å². The Balaban J connectivity index is 1.48. The minimum Gasteiger partial charge on any atom is -0.349 e. The Kier molecular flexibility index (Phi) is 5.48. The number of nitrogens with one attached hydrogen (secondary N) is 1. The van der Waals surface area contributed by atoms with E-state index in [0.717, 1.165) is 37.5 Å². The SMILES string of the molecule is O=C(NC1CCN(Cc2ccc(Cl)cc2)CC1)c1cccc(F)c1. The van der Waals surface area contributed by atoms with Crippen molar-refractivity contribution in [2.75, 3.05) is 13.1 Å². The van der Waals surface area contributed by atoms with Crippen molar-refractivity contribution < 1.29 is 9.18 Å². The molecule has 0 aliphatic carbocycles. The summed E-state index contributed by atoms with van der Waals surface area (Å²) in [4.78, 5) is 14.5. The van der Waals surface area contributed by atoms with Crippen LogP contribution in [-0.2, 0) is 6.54 Å².